The van der Waals surface area contributed by atoms with Gasteiger partial charge in [0.2, 0.25) is 11.2 Å². The molecule has 158 valence electrons. The van der Waals surface area contributed by atoms with Crippen LogP contribution in [0.1, 0.15) is 25.5 Å². The van der Waals surface area contributed by atoms with Crippen molar-refractivity contribution in [2.75, 3.05) is 6.61 Å². The van der Waals surface area contributed by atoms with Gasteiger partial charge in [0, 0.05) is 6.07 Å². The molecule has 1 N–H and O–H groups in total. The third kappa shape index (κ3) is 4.38. The quantitative estimate of drug-likeness (QED) is 0.620. The number of fused-ring (bicyclic) bond motifs is 1. The Hall–Kier alpha value is -3.79. The molecule has 0 bridgehead atoms. The van der Waals surface area contributed by atoms with Crippen molar-refractivity contribution in [1.82, 2.24) is 5.32 Å². The predicted molar refractivity (Wildman–Crippen MR) is 114 cm³/mol. The lowest BCUT2D eigenvalue weighted by Gasteiger charge is -2.22. The number of benzene rings is 2. The van der Waals surface area contributed by atoms with Gasteiger partial charge in [0.05, 0.1) is 11.5 Å². The molecule has 4 rings (SSSR count). The van der Waals surface area contributed by atoms with E-state index in [-0.39, 0.29) is 29.6 Å². The number of carbonyl (C=O) groups is 1. The Labute approximate surface area is 179 Å². The maximum atomic E-state index is 12.9. The lowest BCUT2D eigenvalue weighted by Crippen LogP contribution is -2.48. The third-order valence-electron chi connectivity index (χ3n) is 5.34. The molecule has 0 radical (unpaired) electrons. The molecule has 1 amide bonds. The number of nitrogens with one attached hydrogen (secondary N) is 1. The normalized spacial score (nSPS) is 15.0. The van der Waals surface area contributed by atoms with Crippen molar-refractivity contribution in [2.45, 2.75) is 32.2 Å². The first-order valence-corrected chi connectivity index (χ1v) is 10.0. The van der Waals surface area contributed by atoms with E-state index in [1.54, 1.807) is 44.2 Å². The first kappa shape index (κ1) is 20.5. The van der Waals surface area contributed by atoms with Gasteiger partial charge in [-0.05, 0) is 56.9 Å². The van der Waals surface area contributed by atoms with Crippen molar-refractivity contribution in [2.24, 2.45) is 5.92 Å². The lowest BCUT2D eigenvalue weighted by molar-refractivity contribution is -0.124. The molecule has 1 atom stereocenters. The van der Waals surface area contributed by atoms with Crippen molar-refractivity contribution in [3.05, 3.63) is 64.5 Å². The maximum absolute atomic E-state index is 12.9. The van der Waals surface area contributed by atoms with E-state index in [0.717, 1.165) is 12.8 Å². The number of aryl methyl sites for hydroxylation is 1. The molecule has 0 aliphatic heterocycles. The fourth-order valence-electron chi connectivity index (χ4n) is 3.44. The molecule has 0 unspecified atom stereocenters. The van der Waals surface area contributed by atoms with Gasteiger partial charge < -0.3 is 19.2 Å². The highest BCUT2D eigenvalue weighted by Gasteiger charge is 2.43. The fraction of sp³-hybridized carbons (Fsp3) is 0.292. The molecule has 1 saturated carbocycles. The molecule has 1 aliphatic rings. The summed E-state index contributed by atoms with van der Waals surface area (Å²) >= 11 is 0. The van der Waals surface area contributed by atoms with Gasteiger partial charge in [0.15, 0.2) is 6.61 Å². The van der Waals surface area contributed by atoms with E-state index >= 15 is 0 Å². The number of hydrogen-bond acceptors (Lipinski definition) is 6. The summed E-state index contributed by atoms with van der Waals surface area (Å²) < 4.78 is 17.1. The van der Waals surface area contributed by atoms with Crippen LogP contribution in [0.3, 0.4) is 0 Å². The van der Waals surface area contributed by atoms with Crippen molar-refractivity contribution >= 4 is 16.9 Å². The van der Waals surface area contributed by atoms with Crippen LogP contribution in [-0.2, 0) is 4.79 Å². The van der Waals surface area contributed by atoms with Crippen LogP contribution in [0.15, 0.2) is 57.7 Å². The van der Waals surface area contributed by atoms with E-state index < -0.39 is 5.54 Å². The maximum Gasteiger partial charge on any atom is 0.259 e. The van der Waals surface area contributed by atoms with Crippen molar-refractivity contribution in [1.29, 1.82) is 5.26 Å². The van der Waals surface area contributed by atoms with E-state index in [1.807, 2.05) is 18.2 Å². The minimum Gasteiger partial charge on any atom is -0.484 e. The monoisotopic (exact) mass is 418 g/mol. The zero-order chi connectivity index (χ0) is 22.0. The van der Waals surface area contributed by atoms with Gasteiger partial charge in [0.1, 0.15) is 28.4 Å². The number of carbonyl (C=O) groups excluding carboxylic acids is 1. The summed E-state index contributed by atoms with van der Waals surface area (Å²) in [4.78, 5) is 25.1. The molecule has 31 heavy (non-hydrogen) atoms. The van der Waals surface area contributed by atoms with Gasteiger partial charge in [-0.2, -0.15) is 5.26 Å². The number of ether oxygens (including phenoxy) is 2. The molecule has 1 aliphatic carbocycles. The molecule has 2 aromatic carbocycles. The first-order chi connectivity index (χ1) is 14.9. The van der Waals surface area contributed by atoms with Crippen molar-refractivity contribution < 1.29 is 18.7 Å². The van der Waals surface area contributed by atoms with Gasteiger partial charge >= 0.3 is 0 Å². The second-order valence-electron chi connectivity index (χ2n) is 7.81. The van der Waals surface area contributed by atoms with E-state index in [0.29, 0.717) is 28.2 Å². The van der Waals surface area contributed by atoms with Gasteiger partial charge in [-0.3, -0.25) is 9.59 Å². The van der Waals surface area contributed by atoms with Gasteiger partial charge in [0.25, 0.3) is 5.91 Å². The summed E-state index contributed by atoms with van der Waals surface area (Å²) in [6, 6.07) is 15.9. The number of nitriles is 1. The molecule has 0 saturated heterocycles. The zero-order valence-electron chi connectivity index (χ0n) is 17.3. The van der Waals surface area contributed by atoms with E-state index in [1.165, 1.54) is 0 Å². The average Bonchev–Trinajstić information content (AvgIpc) is 3.62. The highest BCUT2D eigenvalue weighted by atomic mass is 16.5. The van der Waals surface area contributed by atoms with Gasteiger partial charge in [-0.1, -0.05) is 18.2 Å². The van der Waals surface area contributed by atoms with Crippen LogP contribution in [0.5, 0.6) is 17.2 Å². The van der Waals surface area contributed by atoms with E-state index in [9.17, 15) is 14.9 Å². The molecular formula is C24H22N2O5. The predicted octanol–water partition coefficient (Wildman–Crippen LogP) is 4.08. The van der Waals surface area contributed by atoms with Crippen LogP contribution in [0.4, 0.5) is 0 Å². The van der Waals surface area contributed by atoms with Crippen molar-refractivity contribution in [3.63, 3.8) is 0 Å². The molecular weight excluding hydrogens is 396 g/mol. The summed E-state index contributed by atoms with van der Waals surface area (Å²) in [5.41, 5.74) is -0.829. The Kier molecular flexibility index (Phi) is 5.38. The second kappa shape index (κ2) is 8.15. The largest absolute Gasteiger partial charge is 0.484 e. The molecule has 1 heterocycles. The topological polar surface area (TPSA) is 102 Å². The molecule has 7 heteroatoms. The second-order valence-corrected chi connectivity index (χ2v) is 7.81. The smallest absolute Gasteiger partial charge is 0.259 e. The van der Waals surface area contributed by atoms with Crippen molar-refractivity contribution in [3.8, 4) is 23.3 Å². The third-order valence-corrected chi connectivity index (χ3v) is 5.34. The summed E-state index contributed by atoms with van der Waals surface area (Å²) in [7, 11) is 0. The van der Waals surface area contributed by atoms with Crippen LogP contribution in [0.25, 0.3) is 11.0 Å². The van der Waals surface area contributed by atoms with E-state index in [4.69, 9.17) is 13.9 Å². The van der Waals surface area contributed by atoms with E-state index in [2.05, 4.69) is 11.4 Å². The number of para-hydroxylation sites is 1. The highest BCUT2D eigenvalue weighted by molar-refractivity contribution is 5.81. The minimum absolute atomic E-state index is 0.127. The number of rotatable bonds is 7. The summed E-state index contributed by atoms with van der Waals surface area (Å²) in [6.07, 6.45) is 1.87. The number of hydrogen-bond donors (Lipinski definition) is 1. The van der Waals surface area contributed by atoms with Gasteiger partial charge in [-0.25, -0.2) is 0 Å². The highest BCUT2D eigenvalue weighted by Crippen LogP contribution is 2.39. The number of amides is 1. The SMILES string of the molecule is Cc1oc2cc(OCC(=O)N[C@](C)(C#N)C3CC3)ccc2c(=O)c1Oc1ccccc1. The van der Waals surface area contributed by atoms with Crippen LogP contribution >= 0.6 is 0 Å². The molecule has 1 aromatic heterocycles. The summed E-state index contributed by atoms with van der Waals surface area (Å²) in [5, 5.41) is 12.5. The summed E-state index contributed by atoms with van der Waals surface area (Å²) in [5.74, 6) is 1.20. The summed E-state index contributed by atoms with van der Waals surface area (Å²) in [6.45, 7) is 3.14. The minimum atomic E-state index is -0.872. The fourth-order valence-corrected chi connectivity index (χ4v) is 3.44. The van der Waals surface area contributed by atoms with Crippen LogP contribution in [0, 0.1) is 24.2 Å². The Morgan fingerprint density at radius 3 is 2.65 bits per heavy atom. The first-order valence-electron chi connectivity index (χ1n) is 10.0. The van der Waals surface area contributed by atoms with Crippen LogP contribution in [0.2, 0.25) is 0 Å². The lowest BCUT2D eigenvalue weighted by atomic mass is 9.98. The standard InChI is InChI=1S/C24H22N2O5/c1-15-23(31-17-6-4-3-5-7-17)22(28)19-11-10-18(12-20(19)30-15)29-13-21(27)26-24(2,14-25)16-8-9-16/h3-7,10-12,16H,8-9,13H2,1-2H3,(H,26,27)/t24-/m1/s1. The van der Waals surface area contributed by atoms with Crippen LogP contribution in [-0.4, -0.2) is 18.1 Å². The molecule has 7 nitrogen and oxygen atoms in total. The van der Waals surface area contributed by atoms with Crippen LogP contribution < -0.4 is 20.2 Å². The Balaban J connectivity index is 1.49. The number of nitrogens with zero attached hydrogens (tertiary/aromatic N) is 1. The Morgan fingerprint density at radius 1 is 1.23 bits per heavy atom. The average molecular weight is 418 g/mol. The Bertz CT molecular complexity index is 1220. The zero-order valence-corrected chi connectivity index (χ0v) is 17.3. The Morgan fingerprint density at radius 2 is 1.97 bits per heavy atom. The molecule has 0 spiro atoms. The van der Waals surface area contributed by atoms with Gasteiger partial charge in [-0.15, -0.1) is 0 Å². The molecule has 3 aromatic rings. The molecule has 1 fully saturated rings.